The van der Waals surface area contributed by atoms with E-state index in [1.54, 1.807) is 5.57 Å². The highest BCUT2D eigenvalue weighted by molar-refractivity contribution is 7.10. The molecule has 1 fully saturated rings. The number of thiazole rings is 1. The molecular formula is C28H35NS. The third kappa shape index (κ3) is 3.51. The maximum Gasteiger partial charge on any atom is 0.120 e. The number of rotatable bonds is 7. The topological polar surface area (TPSA) is 12.9 Å². The summed E-state index contributed by atoms with van der Waals surface area (Å²) in [6.07, 6.45) is 17.3. The van der Waals surface area contributed by atoms with Crippen LogP contribution in [0.3, 0.4) is 0 Å². The maximum atomic E-state index is 5.24. The number of unbranched alkanes of at least 4 members (excludes halogenated alkanes) is 1. The summed E-state index contributed by atoms with van der Waals surface area (Å²) in [6, 6.07) is 0. The predicted octanol–water partition coefficient (Wildman–Crippen LogP) is 8.39. The molecule has 0 bridgehead atoms. The molecule has 2 heteroatoms. The van der Waals surface area contributed by atoms with Gasteiger partial charge in [0.2, 0.25) is 0 Å². The van der Waals surface area contributed by atoms with Gasteiger partial charge < -0.3 is 0 Å². The molecule has 0 aliphatic heterocycles. The Labute approximate surface area is 186 Å². The molecule has 1 saturated carbocycles. The van der Waals surface area contributed by atoms with Crippen LogP contribution in [0.5, 0.6) is 0 Å². The lowest BCUT2D eigenvalue weighted by Gasteiger charge is -2.28. The smallest absolute Gasteiger partial charge is 0.120 e. The second-order valence-corrected chi connectivity index (χ2v) is 10.6. The van der Waals surface area contributed by atoms with Crippen LogP contribution in [0.2, 0.25) is 0 Å². The SMILES string of the molecule is C=C1CC(CC)CC2=C1C=C(c1csc(C3=CC(CC)=CC4CC34)n1)C2CCCC. The van der Waals surface area contributed by atoms with Gasteiger partial charge in [-0.3, -0.25) is 0 Å². The van der Waals surface area contributed by atoms with Gasteiger partial charge in [0.05, 0.1) is 5.69 Å². The molecular weight excluding hydrogens is 382 g/mol. The van der Waals surface area contributed by atoms with E-state index in [-0.39, 0.29) is 0 Å². The summed E-state index contributed by atoms with van der Waals surface area (Å²) in [5, 5.41) is 3.60. The minimum Gasteiger partial charge on any atom is -0.237 e. The van der Waals surface area contributed by atoms with Gasteiger partial charge in [0.15, 0.2) is 0 Å². The van der Waals surface area contributed by atoms with Crippen LogP contribution in [-0.4, -0.2) is 4.98 Å². The molecule has 1 aromatic heterocycles. The van der Waals surface area contributed by atoms with E-state index in [0.717, 1.165) is 24.2 Å². The maximum absolute atomic E-state index is 5.24. The highest BCUT2D eigenvalue weighted by Gasteiger charge is 2.42. The first kappa shape index (κ1) is 20.2. The molecule has 0 spiro atoms. The van der Waals surface area contributed by atoms with Gasteiger partial charge >= 0.3 is 0 Å². The fraction of sp³-hybridized carbons (Fsp3) is 0.536. The molecule has 5 rings (SSSR count). The Kier molecular flexibility index (Phi) is 5.47. The van der Waals surface area contributed by atoms with E-state index in [4.69, 9.17) is 4.98 Å². The van der Waals surface area contributed by atoms with E-state index in [9.17, 15) is 0 Å². The fourth-order valence-corrected chi connectivity index (χ4v) is 6.70. The largest absolute Gasteiger partial charge is 0.237 e. The normalized spacial score (nSPS) is 30.0. The van der Waals surface area contributed by atoms with Crippen LogP contribution in [0.25, 0.3) is 11.1 Å². The first-order valence-electron chi connectivity index (χ1n) is 12.1. The Hall–Kier alpha value is -1.67. The van der Waals surface area contributed by atoms with Gasteiger partial charge in [-0.2, -0.15) is 0 Å². The number of fused-ring (bicyclic) bond motifs is 1. The Morgan fingerprint density at radius 3 is 2.77 bits per heavy atom. The molecule has 0 radical (unpaired) electrons. The number of hydrogen-bond donors (Lipinski definition) is 0. The summed E-state index contributed by atoms with van der Waals surface area (Å²) in [5.74, 6) is 2.83. The zero-order chi connectivity index (χ0) is 20.8. The van der Waals surface area contributed by atoms with Gasteiger partial charge in [-0.25, -0.2) is 4.98 Å². The van der Waals surface area contributed by atoms with Crippen LogP contribution in [0.1, 0.15) is 82.8 Å². The van der Waals surface area contributed by atoms with Crippen LogP contribution in [0.15, 0.2) is 52.5 Å². The van der Waals surface area contributed by atoms with Crippen molar-refractivity contribution in [1.82, 2.24) is 4.98 Å². The van der Waals surface area contributed by atoms with Gasteiger partial charge in [-0.15, -0.1) is 11.3 Å². The van der Waals surface area contributed by atoms with E-state index in [1.165, 1.54) is 83.5 Å². The van der Waals surface area contributed by atoms with Crippen LogP contribution in [-0.2, 0) is 0 Å². The average molecular weight is 418 g/mol. The van der Waals surface area contributed by atoms with Gasteiger partial charge in [-0.1, -0.05) is 69.9 Å². The predicted molar refractivity (Wildman–Crippen MR) is 130 cm³/mol. The van der Waals surface area contributed by atoms with E-state index in [2.05, 4.69) is 51.0 Å². The number of allylic oxidation sites excluding steroid dienone is 9. The van der Waals surface area contributed by atoms with Gasteiger partial charge in [0.1, 0.15) is 5.01 Å². The molecule has 1 aromatic rings. The first-order valence-corrected chi connectivity index (χ1v) is 13.0. The molecule has 0 aromatic carbocycles. The summed E-state index contributed by atoms with van der Waals surface area (Å²) < 4.78 is 0. The average Bonchev–Trinajstić information content (AvgIpc) is 3.22. The van der Waals surface area contributed by atoms with E-state index < -0.39 is 0 Å². The van der Waals surface area contributed by atoms with Crippen LogP contribution in [0.4, 0.5) is 0 Å². The van der Waals surface area contributed by atoms with Crippen molar-refractivity contribution in [2.75, 3.05) is 0 Å². The second-order valence-electron chi connectivity index (χ2n) is 9.76. The molecule has 30 heavy (non-hydrogen) atoms. The van der Waals surface area contributed by atoms with Gasteiger partial charge in [-0.05, 0) is 78.2 Å². The lowest BCUT2D eigenvalue weighted by Crippen LogP contribution is -2.14. The number of nitrogens with zero attached hydrogens (tertiary/aromatic N) is 1. The Morgan fingerprint density at radius 1 is 1.13 bits per heavy atom. The fourth-order valence-electron chi connectivity index (χ4n) is 5.79. The van der Waals surface area contributed by atoms with Gasteiger partial charge in [0.25, 0.3) is 0 Å². The molecule has 4 aliphatic rings. The van der Waals surface area contributed by atoms with Crippen molar-refractivity contribution in [2.45, 2.75) is 72.1 Å². The van der Waals surface area contributed by atoms with Gasteiger partial charge in [0, 0.05) is 11.3 Å². The number of hydrogen-bond acceptors (Lipinski definition) is 2. The summed E-state index contributed by atoms with van der Waals surface area (Å²) in [7, 11) is 0. The third-order valence-electron chi connectivity index (χ3n) is 7.75. The van der Waals surface area contributed by atoms with Crippen molar-refractivity contribution >= 4 is 22.5 Å². The van der Waals surface area contributed by atoms with Crippen molar-refractivity contribution in [3.63, 3.8) is 0 Å². The summed E-state index contributed by atoms with van der Waals surface area (Å²) in [5.41, 5.74) is 10.2. The van der Waals surface area contributed by atoms with Crippen molar-refractivity contribution in [3.05, 3.63) is 63.2 Å². The monoisotopic (exact) mass is 417 g/mol. The third-order valence-corrected chi connectivity index (χ3v) is 8.64. The molecule has 1 nitrogen and oxygen atoms in total. The Balaban J connectivity index is 1.46. The summed E-state index contributed by atoms with van der Waals surface area (Å²) >= 11 is 1.86. The minimum absolute atomic E-state index is 0.557. The molecule has 4 unspecified atom stereocenters. The van der Waals surface area contributed by atoms with Crippen molar-refractivity contribution in [2.24, 2.45) is 23.7 Å². The Morgan fingerprint density at radius 2 is 2.00 bits per heavy atom. The molecule has 4 aliphatic carbocycles. The van der Waals surface area contributed by atoms with Crippen LogP contribution >= 0.6 is 11.3 Å². The zero-order valence-corrected chi connectivity index (χ0v) is 19.7. The summed E-state index contributed by atoms with van der Waals surface area (Å²) in [4.78, 5) is 5.24. The number of aromatic nitrogens is 1. The quantitative estimate of drug-likeness (QED) is 0.434. The molecule has 158 valence electrons. The Bertz CT molecular complexity index is 982. The van der Waals surface area contributed by atoms with Crippen LogP contribution in [0, 0.1) is 23.7 Å². The standard InChI is InChI=1S/C28H35NS/c1-5-8-9-21-24-12-18(6-2)10-17(4)22(24)15-25(21)27-16-30-28(29-27)26-13-19(7-3)11-20-14-23(20)26/h11,13,15-16,18,20-21,23H,4-10,12,14H2,1-3H3. The van der Waals surface area contributed by atoms with Crippen LogP contribution < -0.4 is 0 Å². The highest BCUT2D eigenvalue weighted by atomic mass is 32.1. The first-order chi connectivity index (χ1) is 14.6. The molecule has 1 heterocycles. The van der Waals surface area contributed by atoms with E-state index in [0.29, 0.717) is 5.92 Å². The van der Waals surface area contributed by atoms with Crippen molar-refractivity contribution in [1.29, 1.82) is 0 Å². The van der Waals surface area contributed by atoms with E-state index in [1.807, 2.05) is 11.3 Å². The molecule has 0 saturated heterocycles. The summed E-state index contributed by atoms with van der Waals surface area (Å²) in [6.45, 7) is 11.4. The van der Waals surface area contributed by atoms with Crippen molar-refractivity contribution in [3.8, 4) is 0 Å². The zero-order valence-electron chi connectivity index (χ0n) is 18.8. The highest BCUT2D eigenvalue weighted by Crippen LogP contribution is 2.54. The minimum atomic E-state index is 0.557. The molecule has 0 amide bonds. The second kappa shape index (κ2) is 8.11. The molecule has 4 atom stereocenters. The molecule has 0 N–H and O–H groups in total. The lowest BCUT2D eigenvalue weighted by molar-refractivity contribution is 0.462. The van der Waals surface area contributed by atoms with E-state index >= 15 is 0 Å². The lowest BCUT2D eigenvalue weighted by atomic mass is 9.76. The van der Waals surface area contributed by atoms with Crippen molar-refractivity contribution < 1.29 is 0 Å².